The fourth-order valence-corrected chi connectivity index (χ4v) is 3.91. The predicted molar refractivity (Wildman–Crippen MR) is 122 cm³/mol. The van der Waals surface area contributed by atoms with E-state index in [0.717, 1.165) is 55.4 Å². The van der Waals surface area contributed by atoms with Crippen molar-refractivity contribution in [1.29, 1.82) is 0 Å². The molecule has 0 spiro atoms. The number of likely N-dealkylation sites (tertiary alicyclic amines) is 1. The van der Waals surface area contributed by atoms with E-state index >= 15 is 0 Å². The third-order valence-corrected chi connectivity index (χ3v) is 5.67. The number of hydrogen-bond acceptors (Lipinski definition) is 5. The SMILES string of the molecule is Cc1cccc(Nc2cc(CC3CCN(C(=O)C=Cc4ccnn4C)CC3)ccn2)n1. The second-order valence-corrected chi connectivity index (χ2v) is 8.02. The van der Waals surface area contributed by atoms with Crippen molar-refractivity contribution in [3.05, 3.63) is 71.8 Å². The topological polar surface area (TPSA) is 75.9 Å². The number of piperidine rings is 1. The zero-order chi connectivity index (χ0) is 21.6. The van der Waals surface area contributed by atoms with Crippen molar-refractivity contribution >= 4 is 23.6 Å². The molecule has 0 aromatic carbocycles. The molecule has 0 bridgehead atoms. The Balaban J connectivity index is 1.29. The van der Waals surface area contributed by atoms with E-state index in [0.29, 0.717) is 5.92 Å². The molecule has 0 radical (unpaired) electrons. The van der Waals surface area contributed by atoms with Crippen LogP contribution in [0, 0.1) is 12.8 Å². The number of aryl methyl sites for hydroxylation is 2. The van der Waals surface area contributed by atoms with Crippen molar-refractivity contribution in [2.24, 2.45) is 13.0 Å². The largest absolute Gasteiger partial charge is 0.339 e. The molecule has 1 fully saturated rings. The van der Waals surface area contributed by atoms with E-state index in [1.54, 1.807) is 17.0 Å². The lowest BCUT2D eigenvalue weighted by Crippen LogP contribution is -2.38. The summed E-state index contributed by atoms with van der Waals surface area (Å²) in [4.78, 5) is 23.3. The number of carbonyl (C=O) groups is 1. The quantitative estimate of drug-likeness (QED) is 0.619. The number of anilines is 2. The summed E-state index contributed by atoms with van der Waals surface area (Å²) in [7, 11) is 1.87. The molecule has 31 heavy (non-hydrogen) atoms. The van der Waals surface area contributed by atoms with Gasteiger partial charge in [0.05, 0.1) is 5.69 Å². The van der Waals surface area contributed by atoms with Crippen molar-refractivity contribution < 1.29 is 4.79 Å². The summed E-state index contributed by atoms with van der Waals surface area (Å²) >= 11 is 0. The maximum atomic E-state index is 12.5. The van der Waals surface area contributed by atoms with Crippen molar-refractivity contribution in [2.75, 3.05) is 18.4 Å². The maximum absolute atomic E-state index is 12.5. The van der Waals surface area contributed by atoms with Crippen molar-refractivity contribution in [3.63, 3.8) is 0 Å². The molecule has 1 N–H and O–H groups in total. The Kier molecular flexibility index (Phi) is 6.40. The molecule has 7 nitrogen and oxygen atoms in total. The summed E-state index contributed by atoms with van der Waals surface area (Å²) in [5.41, 5.74) is 3.15. The fourth-order valence-electron chi connectivity index (χ4n) is 3.91. The zero-order valence-corrected chi connectivity index (χ0v) is 18.0. The molecule has 3 aromatic rings. The van der Waals surface area contributed by atoms with Crippen LogP contribution in [0.3, 0.4) is 0 Å². The monoisotopic (exact) mass is 416 g/mol. The standard InChI is InChI=1S/C24H28N6O/c1-18-4-3-5-22(27-18)28-23-17-20(8-12-25-23)16-19-10-14-30(15-11-19)24(31)7-6-21-9-13-26-29(21)2/h3-9,12-13,17,19H,10-11,14-16H2,1-2H3,(H,25,27,28). The van der Waals surface area contributed by atoms with Gasteiger partial charge in [-0.2, -0.15) is 5.10 Å². The summed E-state index contributed by atoms with van der Waals surface area (Å²) < 4.78 is 1.75. The van der Waals surface area contributed by atoms with Crippen LogP contribution in [-0.4, -0.2) is 43.6 Å². The summed E-state index contributed by atoms with van der Waals surface area (Å²) in [5, 5.41) is 7.40. The second kappa shape index (κ2) is 9.55. The average molecular weight is 417 g/mol. The highest BCUT2D eigenvalue weighted by atomic mass is 16.2. The van der Waals surface area contributed by atoms with Crippen LogP contribution in [0.5, 0.6) is 0 Å². The number of pyridine rings is 2. The highest BCUT2D eigenvalue weighted by molar-refractivity contribution is 5.91. The number of carbonyl (C=O) groups excluding carboxylic acids is 1. The number of amides is 1. The lowest BCUT2D eigenvalue weighted by molar-refractivity contribution is -0.127. The number of nitrogens with zero attached hydrogens (tertiary/aromatic N) is 5. The van der Waals surface area contributed by atoms with E-state index < -0.39 is 0 Å². The summed E-state index contributed by atoms with van der Waals surface area (Å²) in [6.45, 7) is 3.56. The Hall–Kier alpha value is -3.48. The first-order chi connectivity index (χ1) is 15.1. The average Bonchev–Trinajstić information content (AvgIpc) is 3.17. The molecule has 1 saturated heterocycles. The van der Waals surface area contributed by atoms with Crippen LogP contribution in [-0.2, 0) is 18.3 Å². The van der Waals surface area contributed by atoms with Crippen LogP contribution < -0.4 is 5.32 Å². The first kappa shape index (κ1) is 20.8. The van der Waals surface area contributed by atoms with E-state index in [4.69, 9.17) is 0 Å². The van der Waals surface area contributed by atoms with Crippen molar-refractivity contribution in [2.45, 2.75) is 26.2 Å². The number of rotatable bonds is 6. The highest BCUT2D eigenvalue weighted by Gasteiger charge is 2.22. The Morgan fingerprint density at radius 3 is 2.74 bits per heavy atom. The van der Waals surface area contributed by atoms with Crippen LogP contribution >= 0.6 is 0 Å². The van der Waals surface area contributed by atoms with Gasteiger partial charge in [-0.3, -0.25) is 9.48 Å². The molecule has 0 unspecified atom stereocenters. The Morgan fingerprint density at radius 1 is 1.16 bits per heavy atom. The first-order valence-electron chi connectivity index (χ1n) is 10.7. The van der Waals surface area contributed by atoms with Gasteiger partial charge >= 0.3 is 0 Å². The summed E-state index contributed by atoms with van der Waals surface area (Å²) in [6, 6.07) is 12.0. The van der Waals surface area contributed by atoms with Gasteiger partial charge in [-0.1, -0.05) is 6.07 Å². The molecule has 4 heterocycles. The minimum Gasteiger partial charge on any atom is -0.339 e. The van der Waals surface area contributed by atoms with E-state index in [1.807, 2.05) is 55.4 Å². The Morgan fingerprint density at radius 2 is 2.00 bits per heavy atom. The molecular formula is C24H28N6O. The molecule has 0 aliphatic carbocycles. The van der Waals surface area contributed by atoms with Gasteiger partial charge in [-0.05, 0) is 74.1 Å². The van der Waals surface area contributed by atoms with Gasteiger partial charge < -0.3 is 10.2 Å². The molecule has 7 heteroatoms. The van der Waals surface area contributed by atoms with Gasteiger partial charge in [0, 0.05) is 44.3 Å². The van der Waals surface area contributed by atoms with Crippen LogP contribution in [0.1, 0.15) is 29.8 Å². The normalized spacial score (nSPS) is 14.8. The van der Waals surface area contributed by atoms with E-state index in [1.165, 1.54) is 5.56 Å². The van der Waals surface area contributed by atoms with Gasteiger partial charge in [-0.25, -0.2) is 9.97 Å². The van der Waals surface area contributed by atoms with Crippen molar-refractivity contribution in [1.82, 2.24) is 24.6 Å². The molecule has 0 atom stereocenters. The van der Waals surface area contributed by atoms with Crippen LogP contribution in [0.2, 0.25) is 0 Å². The molecule has 1 aliphatic heterocycles. The van der Waals surface area contributed by atoms with Gasteiger partial charge in [0.25, 0.3) is 0 Å². The molecule has 1 aliphatic rings. The predicted octanol–water partition coefficient (Wildman–Crippen LogP) is 3.76. The van der Waals surface area contributed by atoms with E-state index in [2.05, 4.69) is 32.5 Å². The van der Waals surface area contributed by atoms with Crippen molar-refractivity contribution in [3.8, 4) is 0 Å². The highest BCUT2D eigenvalue weighted by Crippen LogP contribution is 2.23. The third kappa shape index (κ3) is 5.57. The molecule has 1 amide bonds. The molecular weight excluding hydrogens is 388 g/mol. The first-order valence-corrected chi connectivity index (χ1v) is 10.7. The second-order valence-electron chi connectivity index (χ2n) is 8.02. The van der Waals surface area contributed by atoms with Gasteiger partial charge in [-0.15, -0.1) is 0 Å². The van der Waals surface area contributed by atoms with Gasteiger partial charge in [0.15, 0.2) is 0 Å². The molecule has 160 valence electrons. The minimum atomic E-state index is 0.0701. The van der Waals surface area contributed by atoms with Crippen LogP contribution in [0.4, 0.5) is 11.6 Å². The van der Waals surface area contributed by atoms with E-state index in [-0.39, 0.29) is 5.91 Å². The summed E-state index contributed by atoms with van der Waals surface area (Å²) in [6.07, 6.45) is 10.1. The zero-order valence-electron chi connectivity index (χ0n) is 18.0. The van der Waals surface area contributed by atoms with Crippen LogP contribution in [0.25, 0.3) is 6.08 Å². The Labute approximate surface area is 182 Å². The number of nitrogens with one attached hydrogen (secondary N) is 1. The van der Waals surface area contributed by atoms with Gasteiger partial charge in [0.1, 0.15) is 11.6 Å². The number of aromatic nitrogens is 4. The Bertz CT molecular complexity index is 1070. The lowest BCUT2D eigenvalue weighted by atomic mass is 9.90. The van der Waals surface area contributed by atoms with Gasteiger partial charge in [0.2, 0.25) is 5.91 Å². The lowest BCUT2D eigenvalue weighted by Gasteiger charge is -2.31. The maximum Gasteiger partial charge on any atom is 0.246 e. The van der Waals surface area contributed by atoms with E-state index in [9.17, 15) is 4.79 Å². The minimum absolute atomic E-state index is 0.0701. The molecule has 4 rings (SSSR count). The molecule has 0 saturated carbocycles. The fraction of sp³-hybridized carbons (Fsp3) is 0.333. The smallest absolute Gasteiger partial charge is 0.246 e. The summed E-state index contributed by atoms with van der Waals surface area (Å²) in [5.74, 6) is 2.25. The third-order valence-electron chi connectivity index (χ3n) is 5.67. The van der Waals surface area contributed by atoms with Crippen LogP contribution in [0.15, 0.2) is 54.9 Å². The number of hydrogen-bond donors (Lipinski definition) is 1. The molecule has 3 aromatic heterocycles.